The average Bonchev–Trinajstić information content (AvgIpc) is 3.36. The van der Waals surface area contributed by atoms with Crippen LogP contribution in [0.15, 0.2) is 40.9 Å². The fraction of sp³-hybridized carbons (Fsp3) is 0.286. The number of methoxy groups -OCH3 is 2. The molecule has 1 atom stereocenters. The summed E-state index contributed by atoms with van der Waals surface area (Å²) in [6.45, 7) is 2.02. The molecule has 150 valence electrons. The van der Waals surface area contributed by atoms with Gasteiger partial charge in [-0.15, -0.1) is 0 Å². The molecule has 1 amide bonds. The summed E-state index contributed by atoms with van der Waals surface area (Å²) in [7, 11) is 3.11. The average molecular weight is 397 g/mol. The van der Waals surface area contributed by atoms with Gasteiger partial charge >= 0.3 is 0 Å². The zero-order chi connectivity index (χ0) is 20.5. The van der Waals surface area contributed by atoms with Crippen LogP contribution in [0.2, 0.25) is 0 Å². The zero-order valence-electron chi connectivity index (χ0n) is 16.3. The van der Waals surface area contributed by atoms with Crippen LogP contribution in [-0.4, -0.2) is 36.8 Å². The number of hydrogen-bond donors (Lipinski definition) is 0. The Bertz CT molecular complexity index is 1070. The first kappa shape index (κ1) is 18.9. The van der Waals surface area contributed by atoms with Gasteiger partial charge in [-0.05, 0) is 37.3 Å². The van der Waals surface area contributed by atoms with E-state index in [1.165, 1.54) is 6.07 Å². The monoisotopic (exact) mass is 397 g/mol. The molecule has 0 spiro atoms. The summed E-state index contributed by atoms with van der Waals surface area (Å²) in [6.07, 6.45) is 0.226. The number of amides is 1. The van der Waals surface area contributed by atoms with E-state index >= 15 is 0 Å². The number of nitrogens with zero attached hydrogens (tertiary/aromatic N) is 3. The van der Waals surface area contributed by atoms with Gasteiger partial charge in [-0.3, -0.25) is 4.79 Å². The van der Waals surface area contributed by atoms with Crippen LogP contribution < -0.4 is 14.4 Å². The molecule has 1 saturated heterocycles. The predicted octanol–water partition coefficient (Wildman–Crippen LogP) is 3.72. The second-order valence-corrected chi connectivity index (χ2v) is 6.82. The van der Waals surface area contributed by atoms with Gasteiger partial charge in [0.2, 0.25) is 17.6 Å². The van der Waals surface area contributed by atoms with E-state index in [2.05, 4.69) is 10.1 Å². The van der Waals surface area contributed by atoms with E-state index in [0.717, 1.165) is 0 Å². The van der Waals surface area contributed by atoms with Crippen molar-refractivity contribution in [2.75, 3.05) is 25.7 Å². The molecule has 4 rings (SSSR count). The Kier molecular flexibility index (Phi) is 4.92. The highest BCUT2D eigenvalue weighted by Gasteiger charge is 2.36. The van der Waals surface area contributed by atoms with Crippen LogP contribution in [0.4, 0.5) is 10.1 Å². The Balaban J connectivity index is 1.58. The lowest BCUT2D eigenvalue weighted by Gasteiger charge is -2.18. The highest BCUT2D eigenvalue weighted by Crippen LogP contribution is 2.35. The van der Waals surface area contributed by atoms with Crippen LogP contribution in [-0.2, 0) is 4.79 Å². The summed E-state index contributed by atoms with van der Waals surface area (Å²) in [5.74, 6) is 1.23. The Morgan fingerprint density at radius 1 is 1.17 bits per heavy atom. The van der Waals surface area contributed by atoms with Crippen molar-refractivity contribution in [3.05, 3.63) is 53.7 Å². The second kappa shape index (κ2) is 7.54. The van der Waals surface area contributed by atoms with Crippen LogP contribution >= 0.6 is 0 Å². The summed E-state index contributed by atoms with van der Waals surface area (Å²) in [5, 5.41) is 4.04. The van der Waals surface area contributed by atoms with Gasteiger partial charge < -0.3 is 18.9 Å². The molecule has 1 aromatic heterocycles. The summed E-state index contributed by atoms with van der Waals surface area (Å²) in [4.78, 5) is 18.6. The molecule has 1 fully saturated rings. The van der Waals surface area contributed by atoms with E-state index in [1.54, 1.807) is 56.4 Å². The maximum atomic E-state index is 13.9. The molecule has 1 aliphatic heterocycles. The maximum Gasteiger partial charge on any atom is 0.232 e. The number of anilines is 1. The maximum absolute atomic E-state index is 13.9. The number of aromatic nitrogens is 2. The van der Waals surface area contributed by atoms with Crippen LogP contribution in [0.5, 0.6) is 11.5 Å². The SMILES string of the molecule is COc1ccc(-c2noc(C3CC(=O)N(c4cccc(F)c4C)C3)n2)cc1OC. The normalized spacial score (nSPS) is 16.3. The van der Waals surface area contributed by atoms with Gasteiger partial charge in [0, 0.05) is 29.8 Å². The minimum atomic E-state index is -0.340. The number of halogens is 1. The molecule has 0 aliphatic carbocycles. The lowest BCUT2D eigenvalue weighted by Crippen LogP contribution is -2.25. The van der Waals surface area contributed by atoms with Gasteiger partial charge in [0.25, 0.3) is 0 Å². The molecule has 3 aromatic rings. The lowest BCUT2D eigenvalue weighted by atomic mass is 10.1. The minimum Gasteiger partial charge on any atom is -0.493 e. The van der Waals surface area contributed by atoms with E-state index in [-0.39, 0.29) is 24.1 Å². The minimum absolute atomic E-state index is 0.102. The van der Waals surface area contributed by atoms with E-state index in [0.29, 0.717) is 46.6 Å². The summed E-state index contributed by atoms with van der Waals surface area (Å²) >= 11 is 0. The van der Waals surface area contributed by atoms with Crippen molar-refractivity contribution >= 4 is 11.6 Å². The summed E-state index contributed by atoms with van der Waals surface area (Å²) < 4.78 is 29.9. The molecule has 8 heteroatoms. The van der Waals surface area contributed by atoms with Crippen LogP contribution in [0.3, 0.4) is 0 Å². The predicted molar refractivity (Wildman–Crippen MR) is 104 cm³/mol. The number of hydrogen-bond acceptors (Lipinski definition) is 6. The highest BCUT2D eigenvalue weighted by atomic mass is 19.1. The van der Waals surface area contributed by atoms with Gasteiger partial charge in [0.15, 0.2) is 11.5 Å². The smallest absolute Gasteiger partial charge is 0.232 e. The van der Waals surface area contributed by atoms with Crippen LogP contribution in [0.1, 0.15) is 23.8 Å². The highest BCUT2D eigenvalue weighted by molar-refractivity contribution is 5.97. The number of carbonyl (C=O) groups is 1. The molecule has 0 saturated carbocycles. The van der Waals surface area contributed by atoms with Crippen molar-refractivity contribution in [1.29, 1.82) is 0 Å². The van der Waals surface area contributed by atoms with E-state index in [4.69, 9.17) is 14.0 Å². The Labute approximate surface area is 167 Å². The van der Waals surface area contributed by atoms with Gasteiger partial charge in [-0.25, -0.2) is 4.39 Å². The topological polar surface area (TPSA) is 77.7 Å². The van der Waals surface area contributed by atoms with Crippen LogP contribution in [0.25, 0.3) is 11.4 Å². The third kappa shape index (κ3) is 3.41. The molecular weight excluding hydrogens is 377 g/mol. The van der Waals surface area contributed by atoms with Gasteiger partial charge in [0.05, 0.1) is 20.1 Å². The number of carbonyl (C=O) groups excluding carboxylic acids is 1. The van der Waals surface area contributed by atoms with Gasteiger partial charge in [0.1, 0.15) is 5.82 Å². The molecule has 0 radical (unpaired) electrons. The first-order valence-corrected chi connectivity index (χ1v) is 9.13. The molecule has 1 unspecified atom stereocenters. The van der Waals surface area contributed by atoms with Crippen molar-refractivity contribution in [2.45, 2.75) is 19.3 Å². The van der Waals surface area contributed by atoms with Crippen molar-refractivity contribution in [3.63, 3.8) is 0 Å². The molecule has 2 aromatic carbocycles. The Hall–Kier alpha value is -3.42. The molecule has 29 heavy (non-hydrogen) atoms. The first-order chi connectivity index (χ1) is 14.0. The quantitative estimate of drug-likeness (QED) is 0.653. The van der Waals surface area contributed by atoms with Crippen molar-refractivity contribution in [3.8, 4) is 22.9 Å². The third-order valence-electron chi connectivity index (χ3n) is 5.09. The summed E-state index contributed by atoms with van der Waals surface area (Å²) in [6, 6.07) is 10.0. The Morgan fingerprint density at radius 2 is 1.97 bits per heavy atom. The zero-order valence-corrected chi connectivity index (χ0v) is 16.3. The summed E-state index contributed by atoms with van der Waals surface area (Å²) in [5.41, 5.74) is 1.72. The lowest BCUT2D eigenvalue weighted by molar-refractivity contribution is -0.117. The van der Waals surface area contributed by atoms with Crippen molar-refractivity contribution in [1.82, 2.24) is 10.1 Å². The van der Waals surface area contributed by atoms with Gasteiger partial charge in [-0.1, -0.05) is 11.2 Å². The van der Waals surface area contributed by atoms with E-state index in [9.17, 15) is 9.18 Å². The number of ether oxygens (including phenoxy) is 2. The number of rotatable bonds is 5. The molecule has 0 bridgehead atoms. The Morgan fingerprint density at radius 3 is 2.72 bits per heavy atom. The van der Waals surface area contributed by atoms with Crippen LogP contribution in [0, 0.1) is 12.7 Å². The first-order valence-electron chi connectivity index (χ1n) is 9.13. The van der Waals surface area contributed by atoms with E-state index < -0.39 is 0 Å². The fourth-order valence-corrected chi connectivity index (χ4v) is 3.49. The molecule has 7 nitrogen and oxygen atoms in total. The largest absolute Gasteiger partial charge is 0.493 e. The molecule has 0 N–H and O–H groups in total. The second-order valence-electron chi connectivity index (χ2n) is 6.82. The van der Waals surface area contributed by atoms with E-state index in [1.807, 2.05) is 0 Å². The number of benzene rings is 2. The van der Waals surface area contributed by atoms with Crippen molar-refractivity contribution < 1.29 is 23.2 Å². The molecule has 2 heterocycles. The third-order valence-corrected chi connectivity index (χ3v) is 5.09. The fourth-order valence-electron chi connectivity index (χ4n) is 3.49. The molecular formula is C21H20FN3O4. The standard InChI is InChI=1S/C21H20FN3O4/c1-12-15(22)5-4-6-16(12)25-11-14(10-19(25)26)21-23-20(24-29-21)13-7-8-17(27-2)18(9-13)28-3/h4-9,14H,10-11H2,1-3H3. The van der Waals surface area contributed by atoms with Crippen molar-refractivity contribution in [2.24, 2.45) is 0 Å². The van der Waals surface area contributed by atoms with Gasteiger partial charge in [-0.2, -0.15) is 4.98 Å². The molecule has 1 aliphatic rings.